The maximum absolute atomic E-state index is 5.86. The lowest BCUT2D eigenvalue weighted by Gasteiger charge is -2.25. The van der Waals surface area contributed by atoms with Crippen molar-refractivity contribution < 1.29 is 9.47 Å². The number of hydrogen-bond donors (Lipinski definition) is 1. The summed E-state index contributed by atoms with van der Waals surface area (Å²) in [5.74, 6) is 0. The molecule has 0 fully saturated rings. The van der Waals surface area contributed by atoms with Gasteiger partial charge in [0, 0.05) is 26.4 Å². The van der Waals surface area contributed by atoms with Crippen LogP contribution >= 0.6 is 0 Å². The van der Waals surface area contributed by atoms with Gasteiger partial charge in [-0.25, -0.2) is 0 Å². The first-order chi connectivity index (χ1) is 7.29. The number of rotatable bonds is 10. The predicted molar refractivity (Wildman–Crippen MR) is 64.3 cm³/mol. The number of methoxy groups -OCH3 is 1. The molecule has 0 saturated carbocycles. The maximum Gasteiger partial charge on any atom is 0.0725 e. The van der Waals surface area contributed by atoms with E-state index in [0.29, 0.717) is 12.1 Å². The molecular formula is C12H27NO2. The first-order valence-electron chi connectivity index (χ1n) is 6.07. The molecule has 0 aliphatic heterocycles. The van der Waals surface area contributed by atoms with Crippen LogP contribution in [-0.4, -0.2) is 39.5 Å². The highest BCUT2D eigenvalue weighted by Crippen LogP contribution is 2.10. The normalized spacial score (nSPS) is 15.2. The largest absolute Gasteiger partial charge is 0.385 e. The zero-order valence-electron chi connectivity index (χ0n) is 10.7. The molecule has 15 heavy (non-hydrogen) atoms. The van der Waals surface area contributed by atoms with Gasteiger partial charge >= 0.3 is 0 Å². The van der Waals surface area contributed by atoms with Crippen LogP contribution in [0.5, 0.6) is 0 Å². The molecule has 2 unspecified atom stereocenters. The Morgan fingerprint density at radius 2 is 1.93 bits per heavy atom. The summed E-state index contributed by atoms with van der Waals surface area (Å²) in [6.07, 6.45) is 4.77. The van der Waals surface area contributed by atoms with E-state index >= 15 is 0 Å². The fraction of sp³-hybridized carbons (Fsp3) is 1.00. The third kappa shape index (κ3) is 6.88. The Balaban J connectivity index is 3.76. The summed E-state index contributed by atoms with van der Waals surface area (Å²) in [6.45, 7) is 5.98. The lowest BCUT2D eigenvalue weighted by molar-refractivity contribution is 0.0137. The van der Waals surface area contributed by atoms with Gasteiger partial charge in [-0.15, -0.1) is 0 Å². The lowest BCUT2D eigenvalue weighted by Crippen LogP contribution is -2.39. The molecule has 0 aromatic carbocycles. The fourth-order valence-electron chi connectivity index (χ4n) is 1.78. The van der Waals surface area contributed by atoms with Crippen LogP contribution in [0, 0.1) is 0 Å². The van der Waals surface area contributed by atoms with Gasteiger partial charge in [0.25, 0.3) is 0 Å². The molecular weight excluding hydrogens is 190 g/mol. The lowest BCUT2D eigenvalue weighted by atomic mass is 10.0. The standard InChI is InChI=1S/C12H27NO2/c1-5-8-11(13-3)12(6-2)15-10-7-9-14-4/h11-13H,5-10H2,1-4H3. The van der Waals surface area contributed by atoms with Crippen LogP contribution in [-0.2, 0) is 9.47 Å². The second kappa shape index (κ2) is 10.4. The molecule has 92 valence electrons. The smallest absolute Gasteiger partial charge is 0.0725 e. The molecule has 2 atom stereocenters. The van der Waals surface area contributed by atoms with E-state index in [0.717, 1.165) is 26.1 Å². The molecule has 0 amide bonds. The molecule has 0 aromatic rings. The van der Waals surface area contributed by atoms with Gasteiger partial charge in [-0.3, -0.25) is 0 Å². The molecule has 0 heterocycles. The Morgan fingerprint density at radius 1 is 1.20 bits per heavy atom. The summed E-state index contributed by atoms with van der Waals surface area (Å²) in [5, 5.41) is 3.34. The number of hydrogen-bond acceptors (Lipinski definition) is 3. The summed E-state index contributed by atoms with van der Waals surface area (Å²) in [5.41, 5.74) is 0. The summed E-state index contributed by atoms with van der Waals surface area (Å²) < 4.78 is 10.9. The quantitative estimate of drug-likeness (QED) is 0.569. The minimum Gasteiger partial charge on any atom is -0.385 e. The van der Waals surface area contributed by atoms with E-state index in [1.54, 1.807) is 7.11 Å². The molecule has 3 nitrogen and oxygen atoms in total. The van der Waals surface area contributed by atoms with E-state index in [1.807, 2.05) is 7.05 Å². The number of nitrogens with one attached hydrogen (secondary N) is 1. The van der Waals surface area contributed by atoms with Crippen molar-refractivity contribution in [3.8, 4) is 0 Å². The molecule has 1 N–H and O–H groups in total. The minimum absolute atomic E-state index is 0.340. The Hall–Kier alpha value is -0.120. The Morgan fingerprint density at radius 3 is 2.40 bits per heavy atom. The van der Waals surface area contributed by atoms with Gasteiger partial charge in [0.05, 0.1) is 6.10 Å². The van der Waals surface area contributed by atoms with Gasteiger partial charge < -0.3 is 14.8 Å². The first kappa shape index (κ1) is 14.9. The number of likely N-dealkylation sites (N-methyl/N-ethyl adjacent to an activating group) is 1. The van der Waals surface area contributed by atoms with E-state index < -0.39 is 0 Å². The molecule has 0 aliphatic carbocycles. The van der Waals surface area contributed by atoms with Crippen LogP contribution in [0.25, 0.3) is 0 Å². The van der Waals surface area contributed by atoms with E-state index in [1.165, 1.54) is 12.8 Å². The van der Waals surface area contributed by atoms with E-state index in [4.69, 9.17) is 9.47 Å². The van der Waals surface area contributed by atoms with Crippen molar-refractivity contribution in [2.45, 2.75) is 51.7 Å². The van der Waals surface area contributed by atoms with Crippen molar-refractivity contribution in [2.24, 2.45) is 0 Å². The van der Waals surface area contributed by atoms with Crippen molar-refractivity contribution in [3.63, 3.8) is 0 Å². The van der Waals surface area contributed by atoms with Gasteiger partial charge in [-0.2, -0.15) is 0 Å². The molecule has 0 spiro atoms. The van der Waals surface area contributed by atoms with Crippen LogP contribution in [0.2, 0.25) is 0 Å². The highest BCUT2D eigenvalue weighted by molar-refractivity contribution is 4.74. The average Bonchev–Trinajstić information content (AvgIpc) is 2.27. The summed E-state index contributed by atoms with van der Waals surface area (Å²) >= 11 is 0. The molecule has 0 saturated heterocycles. The second-order valence-electron chi connectivity index (χ2n) is 3.85. The van der Waals surface area contributed by atoms with Crippen molar-refractivity contribution in [2.75, 3.05) is 27.4 Å². The first-order valence-corrected chi connectivity index (χ1v) is 6.07. The minimum atomic E-state index is 0.340. The molecule has 0 aromatic heterocycles. The monoisotopic (exact) mass is 217 g/mol. The van der Waals surface area contributed by atoms with Crippen molar-refractivity contribution in [1.82, 2.24) is 5.32 Å². The third-order valence-electron chi connectivity index (χ3n) is 2.65. The molecule has 0 aliphatic rings. The molecule has 3 heteroatoms. The van der Waals surface area contributed by atoms with E-state index in [9.17, 15) is 0 Å². The number of ether oxygens (including phenoxy) is 2. The summed E-state index contributed by atoms with van der Waals surface area (Å²) in [6, 6.07) is 0.488. The van der Waals surface area contributed by atoms with Gasteiger partial charge in [0.1, 0.15) is 0 Å². The van der Waals surface area contributed by atoms with Gasteiger partial charge in [0.2, 0.25) is 0 Å². The zero-order valence-corrected chi connectivity index (χ0v) is 10.7. The van der Waals surface area contributed by atoms with Crippen LogP contribution in [0.1, 0.15) is 39.5 Å². The maximum atomic E-state index is 5.86. The van der Waals surface area contributed by atoms with Gasteiger partial charge in [0.15, 0.2) is 0 Å². The average molecular weight is 217 g/mol. The second-order valence-corrected chi connectivity index (χ2v) is 3.85. The highest BCUT2D eigenvalue weighted by Gasteiger charge is 2.17. The van der Waals surface area contributed by atoms with Crippen molar-refractivity contribution >= 4 is 0 Å². The molecule has 0 bridgehead atoms. The van der Waals surface area contributed by atoms with Crippen LogP contribution in [0.15, 0.2) is 0 Å². The van der Waals surface area contributed by atoms with Crippen molar-refractivity contribution in [1.29, 1.82) is 0 Å². The molecule has 0 radical (unpaired) electrons. The molecule has 0 rings (SSSR count). The van der Waals surface area contributed by atoms with Crippen LogP contribution < -0.4 is 5.32 Å². The Kier molecular flexibility index (Phi) is 10.3. The van der Waals surface area contributed by atoms with Crippen LogP contribution in [0.4, 0.5) is 0 Å². The van der Waals surface area contributed by atoms with Gasteiger partial charge in [-0.05, 0) is 26.3 Å². The van der Waals surface area contributed by atoms with Crippen LogP contribution in [0.3, 0.4) is 0 Å². The highest BCUT2D eigenvalue weighted by atomic mass is 16.5. The zero-order chi connectivity index (χ0) is 11.5. The fourth-order valence-corrected chi connectivity index (χ4v) is 1.78. The van der Waals surface area contributed by atoms with E-state index in [-0.39, 0.29) is 0 Å². The van der Waals surface area contributed by atoms with E-state index in [2.05, 4.69) is 19.2 Å². The third-order valence-corrected chi connectivity index (χ3v) is 2.65. The summed E-state index contributed by atoms with van der Waals surface area (Å²) in [4.78, 5) is 0. The Labute approximate surface area is 94.5 Å². The SMILES string of the molecule is CCCC(NC)C(CC)OCCCOC. The predicted octanol–water partition coefficient (Wildman–Crippen LogP) is 2.21. The van der Waals surface area contributed by atoms with Gasteiger partial charge in [-0.1, -0.05) is 20.3 Å². The topological polar surface area (TPSA) is 30.5 Å². The Bertz CT molecular complexity index is 131. The van der Waals surface area contributed by atoms with Crippen molar-refractivity contribution in [3.05, 3.63) is 0 Å². The summed E-state index contributed by atoms with van der Waals surface area (Å²) in [7, 11) is 3.74.